The fourth-order valence-electron chi connectivity index (χ4n) is 5.81. The van der Waals surface area contributed by atoms with Crippen molar-refractivity contribution in [3.8, 4) is 0 Å². The second-order valence-corrected chi connectivity index (χ2v) is 12.8. The highest BCUT2D eigenvalue weighted by molar-refractivity contribution is 5.83. The maximum atomic E-state index is 13.7. The molecule has 0 aromatic carbocycles. The Morgan fingerprint density at radius 2 is 1.21 bits per heavy atom. The second-order valence-electron chi connectivity index (χ2n) is 12.8. The first kappa shape index (κ1) is 40.8. The fraction of sp³-hybridized carbons (Fsp3) is 0.900. The van der Waals surface area contributed by atoms with Crippen molar-refractivity contribution < 1.29 is 54.9 Å². The molecule has 0 aromatic heterocycles. The summed E-state index contributed by atoms with van der Waals surface area (Å²) >= 11 is 0. The number of halogens is 6. The molecule has 5 atom stereocenters. The number of rotatable bonds is 16. The Morgan fingerprint density at radius 1 is 0.744 bits per heavy atom. The minimum atomic E-state index is -4.88. The van der Waals surface area contributed by atoms with Gasteiger partial charge < -0.3 is 19.1 Å². The number of carbonyl (C=O) groups excluding carboxylic acids is 3. The first-order valence-electron chi connectivity index (χ1n) is 14.7. The third kappa shape index (κ3) is 11.7. The molecule has 0 saturated carbocycles. The molecule has 0 spiro atoms. The summed E-state index contributed by atoms with van der Waals surface area (Å²) in [6.07, 6.45) is -9.16. The van der Waals surface area contributed by atoms with Crippen molar-refractivity contribution >= 4 is 18.0 Å². The van der Waals surface area contributed by atoms with Gasteiger partial charge in [0.2, 0.25) is 0 Å². The van der Waals surface area contributed by atoms with Crippen molar-refractivity contribution in [3.63, 3.8) is 0 Å². The van der Waals surface area contributed by atoms with Gasteiger partial charge in [-0.05, 0) is 35.5 Å². The van der Waals surface area contributed by atoms with E-state index in [0.29, 0.717) is 12.8 Å². The quantitative estimate of drug-likeness (QED) is 0.0966. The standard InChI is InChI=1S/C30H51F6NO6/c1-12-20(27(9,14-3)16-28(15-4,19(5)6)43-25(40)37(10)11)21(23(38)41-17-29(31,32)33)22(26(7,8)13-2)24(39)42-18-30(34,35)36/h19-22H,12-18H2,1-11H3. The summed E-state index contributed by atoms with van der Waals surface area (Å²) in [7, 11) is 3.04. The summed E-state index contributed by atoms with van der Waals surface area (Å²) < 4.78 is 94.1. The number of esters is 2. The molecule has 0 heterocycles. The smallest absolute Gasteiger partial charge is 0.422 e. The summed E-state index contributed by atoms with van der Waals surface area (Å²) in [5, 5.41) is 0. The molecular weight excluding hydrogens is 584 g/mol. The van der Waals surface area contributed by atoms with Crippen LogP contribution in [0.25, 0.3) is 0 Å². The molecule has 0 aromatic rings. The Morgan fingerprint density at radius 3 is 1.53 bits per heavy atom. The lowest BCUT2D eigenvalue weighted by Crippen LogP contribution is -2.53. The average molecular weight is 636 g/mol. The van der Waals surface area contributed by atoms with Crippen LogP contribution in [0.1, 0.15) is 94.4 Å². The first-order valence-corrected chi connectivity index (χ1v) is 14.7. The summed E-state index contributed by atoms with van der Waals surface area (Å²) in [5.41, 5.74) is -3.22. The van der Waals surface area contributed by atoms with Crippen LogP contribution in [-0.4, -0.2) is 68.2 Å². The number of amides is 1. The molecule has 0 aliphatic heterocycles. The number of nitrogens with zero attached hydrogens (tertiary/aromatic N) is 1. The van der Waals surface area contributed by atoms with Crippen LogP contribution in [0, 0.1) is 34.5 Å². The fourth-order valence-corrected chi connectivity index (χ4v) is 5.81. The summed E-state index contributed by atoms with van der Waals surface area (Å²) in [5.74, 6) is -6.98. The van der Waals surface area contributed by atoms with Crippen LogP contribution in [0.2, 0.25) is 0 Å². The van der Waals surface area contributed by atoms with E-state index in [4.69, 9.17) is 9.47 Å². The Kier molecular flexibility index (Phi) is 14.9. The highest BCUT2D eigenvalue weighted by Gasteiger charge is 2.55. The minimum Gasteiger partial charge on any atom is -0.456 e. The predicted octanol–water partition coefficient (Wildman–Crippen LogP) is 8.20. The van der Waals surface area contributed by atoms with Crippen LogP contribution in [-0.2, 0) is 23.8 Å². The molecule has 13 heteroatoms. The molecule has 0 rings (SSSR count). The summed E-state index contributed by atoms with van der Waals surface area (Å²) in [6, 6.07) is 0. The van der Waals surface area contributed by atoms with Crippen LogP contribution in [0.4, 0.5) is 31.1 Å². The van der Waals surface area contributed by atoms with Gasteiger partial charge in [0, 0.05) is 14.1 Å². The van der Waals surface area contributed by atoms with Gasteiger partial charge in [-0.3, -0.25) is 9.59 Å². The Labute approximate surface area is 252 Å². The Balaban J connectivity index is 7.32. The number of carbonyl (C=O) groups is 3. The van der Waals surface area contributed by atoms with E-state index in [1.807, 2.05) is 20.8 Å². The lowest BCUT2D eigenvalue weighted by molar-refractivity contribution is -0.204. The normalized spacial score (nSPS) is 17.7. The molecule has 43 heavy (non-hydrogen) atoms. The lowest BCUT2D eigenvalue weighted by Gasteiger charge is -2.50. The van der Waals surface area contributed by atoms with Crippen molar-refractivity contribution in [3.05, 3.63) is 0 Å². The molecule has 0 bridgehead atoms. The molecular formula is C30H51F6NO6. The van der Waals surface area contributed by atoms with Gasteiger partial charge in [0.15, 0.2) is 13.2 Å². The first-order chi connectivity index (χ1) is 19.4. The van der Waals surface area contributed by atoms with Gasteiger partial charge in [-0.15, -0.1) is 0 Å². The van der Waals surface area contributed by atoms with Crippen LogP contribution in [0.3, 0.4) is 0 Å². The molecule has 0 aliphatic rings. The van der Waals surface area contributed by atoms with Crippen molar-refractivity contribution in [1.29, 1.82) is 0 Å². The van der Waals surface area contributed by atoms with Crippen molar-refractivity contribution in [2.75, 3.05) is 27.3 Å². The van der Waals surface area contributed by atoms with E-state index in [0.717, 1.165) is 0 Å². The summed E-state index contributed by atoms with van der Waals surface area (Å²) in [6.45, 7) is 11.7. The predicted molar refractivity (Wildman–Crippen MR) is 150 cm³/mol. The molecule has 0 aliphatic carbocycles. The largest absolute Gasteiger partial charge is 0.456 e. The molecule has 5 unspecified atom stereocenters. The second kappa shape index (κ2) is 15.7. The third-order valence-electron chi connectivity index (χ3n) is 8.98. The van der Waals surface area contributed by atoms with Gasteiger partial charge in [0.05, 0.1) is 11.8 Å². The van der Waals surface area contributed by atoms with Crippen LogP contribution >= 0.6 is 0 Å². The maximum absolute atomic E-state index is 13.7. The van der Waals surface area contributed by atoms with Gasteiger partial charge in [-0.25, -0.2) is 4.79 Å². The van der Waals surface area contributed by atoms with Gasteiger partial charge in [-0.1, -0.05) is 81.6 Å². The van der Waals surface area contributed by atoms with E-state index in [-0.39, 0.29) is 25.2 Å². The monoisotopic (exact) mass is 635 g/mol. The SMILES string of the molecule is CCC(C(C(=O)OCC(F)(F)F)C(C(=O)OCC(F)(F)F)C(C)(C)CC)C(C)(CC)CC(CC)(OC(=O)N(C)C)C(C)C. The molecule has 7 nitrogen and oxygen atoms in total. The highest BCUT2D eigenvalue weighted by atomic mass is 19.4. The number of ether oxygens (including phenoxy) is 3. The minimum absolute atomic E-state index is 0.151. The van der Waals surface area contributed by atoms with Gasteiger partial charge >= 0.3 is 30.4 Å². The van der Waals surface area contributed by atoms with E-state index < -0.39 is 77.8 Å². The zero-order valence-electron chi connectivity index (χ0n) is 27.4. The van der Waals surface area contributed by atoms with E-state index >= 15 is 0 Å². The average Bonchev–Trinajstić information content (AvgIpc) is 2.88. The zero-order valence-corrected chi connectivity index (χ0v) is 27.4. The molecule has 0 N–H and O–H groups in total. The van der Waals surface area contributed by atoms with Gasteiger partial charge in [-0.2, -0.15) is 26.3 Å². The number of hydrogen-bond donors (Lipinski definition) is 0. The van der Waals surface area contributed by atoms with Crippen LogP contribution < -0.4 is 0 Å². The van der Waals surface area contributed by atoms with E-state index in [2.05, 4.69) is 4.74 Å². The molecule has 0 saturated heterocycles. The molecule has 0 radical (unpaired) electrons. The molecule has 254 valence electrons. The third-order valence-corrected chi connectivity index (χ3v) is 8.98. The number of alkyl halides is 6. The van der Waals surface area contributed by atoms with E-state index in [9.17, 15) is 40.7 Å². The van der Waals surface area contributed by atoms with Gasteiger partial charge in [0.25, 0.3) is 0 Å². The molecule has 0 fully saturated rings. The van der Waals surface area contributed by atoms with Crippen molar-refractivity contribution in [2.45, 2.75) is 112 Å². The Bertz CT molecular complexity index is 920. The zero-order chi connectivity index (χ0) is 34.2. The molecule has 1 amide bonds. The highest BCUT2D eigenvalue weighted by Crippen LogP contribution is 2.53. The summed E-state index contributed by atoms with van der Waals surface area (Å²) in [4.78, 5) is 41.1. The van der Waals surface area contributed by atoms with Crippen LogP contribution in [0.15, 0.2) is 0 Å². The van der Waals surface area contributed by atoms with Crippen molar-refractivity contribution in [2.24, 2.45) is 34.5 Å². The number of hydrogen-bond acceptors (Lipinski definition) is 6. The lowest BCUT2D eigenvalue weighted by atomic mass is 9.56. The maximum Gasteiger partial charge on any atom is 0.422 e. The van der Waals surface area contributed by atoms with E-state index in [1.165, 1.54) is 19.0 Å². The van der Waals surface area contributed by atoms with Crippen molar-refractivity contribution in [1.82, 2.24) is 4.90 Å². The Hall–Kier alpha value is -2.21. The van der Waals surface area contributed by atoms with E-state index in [1.54, 1.807) is 41.5 Å². The van der Waals surface area contributed by atoms with Gasteiger partial charge in [0.1, 0.15) is 5.60 Å². The van der Waals surface area contributed by atoms with Crippen LogP contribution in [0.5, 0.6) is 0 Å². The topological polar surface area (TPSA) is 82.1 Å².